The number of hydrogen-bond donors (Lipinski definition) is 2. The zero-order chi connectivity index (χ0) is 15.2. The van der Waals surface area contributed by atoms with Gasteiger partial charge in [-0.1, -0.05) is 12.1 Å². The number of anilines is 2. The minimum Gasteiger partial charge on any atom is -0.325 e. The molecule has 0 atom stereocenters. The molecule has 0 bridgehead atoms. The zero-order valence-electron chi connectivity index (χ0n) is 11.7. The summed E-state index contributed by atoms with van der Waals surface area (Å²) >= 11 is 2.81. The summed E-state index contributed by atoms with van der Waals surface area (Å²) in [4.78, 5) is 29.0. The Kier molecular flexibility index (Phi) is 5.35. The highest BCUT2D eigenvalue weighted by atomic mass is 32.2. The Labute approximate surface area is 131 Å². The molecule has 1 aromatic heterocycles. The van der Waals surface area contributed by atoms with E-state index in [0.717, 1.165) is 9.77 Å². The van der Waals surface area contributed by atoms with Crippen LogP contribution in [-0.2, 0) is 9.59 Å². The van der Waals surface area contributed by atoms with Crippen LogP contribution in [0.1, 0.15) is 11.8 Å². The topological polar surface area (TPSA) is 71.1 Å². The van der Waals surface area contributed by atoms with E-state index in [1.807, 2.05) is 31.2 Å². The average Bonchev–Trinajstić information content (AvgIpc) is 2.82. The molecule has 0 radical (unpaired) electrons. The fourth-order valence-electron chi connectivity index (χ4n) is 1.60. The van der Waals surface area contributed by atoms with Crippen LogP contribution in [0.2, 0.25) is 0 Å². The maximum Gasteiger partial charge on any atom is 0.236 e. The van der Waals surface area contributed by atoms with Gasteiger partial charge in [-0.25, -0.2) is 4.98 Å². The second kappa shape index (κ2) is 7.24. The van der Waals surface area contributed by atoms with Gasteiger partial charge in [-0.05, 0) is 19.1 Å². The molecule has 21 heavy (non-hydrogen) atoms. The van der Waals surface area contributed by atoms with Gasteiger partial charge in [0.05, 0.1) is 11.4 Å². The number of nitrogens with one attached hydrogen (secondary N) is 2. The third-order valence-electron chi connectivity index (χ3n) is 2.42. The van der Waals surface area contributed by atoms with Gasteiger partial charge in [0.2, 0.25) is 11.8 Å². The molecule has 110 valence electrons. The number of thiazole rings is 1. The largest absolute Gasteiger partial charge is 0.325 e. The van der Waals surface area contributed by atoms with Gasteiger partial charge in [-0.2, -0.15) is 0 Å². The number of carbonyl (C=O) groups excluding carboxylic acids is 2. The SMILES string of the molecule is CC(=O)Nc1ccccc1SCC(=O)Nc1ncc(C)s1. The average molecular weight is 321 g/mol. The third kappa shape index (κ3) is 4.87. The molecule has 0 unspecified atom stereocenters. The highest BCUT2D eigenvalue weighted by molar-refractivity contribution is 8.00. The van der Waals surface area contributed by atoms with Crippen LogP contribution in [0.5, 0.6) is 0 Å². The zero-order valence-corrected chi connectivity index (χ0v) is 13.3. The van der Waals surface area contributed by atoms with Crippen LogP contribution in [0.3, 0.4) is 0 Å². The number of nitrogens with zero attached hydrogens (tertiary/aromatic N) is 1. The van der Waals surface area contributed by atoms with E-state index in [9.17, 15) is 9.59 Å². The van der Waals surface area contributed by atoms with Gasteiger partial charge in [0.1, 0.15) is 0 Å². The molecule has 1 heterocycles. The van der Waals surface area contributed by atoms with Crippen LogP contribution in [0.25, 0.3) is 0 Å². The summed E-state index contributed by atoms with van der Waals surface area (Å²) in [7, 11) is 0. The lowest BCUT2D eigenvalue weighted by atomic mass is 10.3. The molecule has 0 fully saturated rings. The van der Waals surface area contributed by atoms with Crippen molar-refractivity contribution >= 4 is 45.7 Å². The Morgan fingerprint density at radius 3 is 2.71 bits per heavy atom. The van der Waals surface area contributed by atoms with E-state index < -0.39 is 0 Å². The number of amides is 2. The van der Waals surface area contributed by atoms with E-state index in [4.69, 9.17) is 0 Å². The molecule has 1 aromatic carbocycles. The summed E-state index contributed by atoms with van der Waals surface area (Å²) in [6.07, 6.45) is 1.72. The summed E-state index contributed by atoms with van der Waals surface area (Å²) in [5.74, 6) is 0.00706. The minimum absolute atomic E-state index is 0.119. The van der Waals surface area contributed by atoms with Crippen molar-refractivity contribution in [3.05, 3.63) is 35.3 Å². The Balaban J connectivity index is 1.93. The van der Waals surface area contributed by atoms with Crippen molar-refractivity contribution in [3.8, 4) is 0 Å². The smallest absolute Gasteiger partial charge is 0.236 e. The number of benzene rings is 1. The van der Waals surface area contributed by atoms with Gasteiger partial charge < -0.3 is 10.6 Å². The Bertz CT molecular complexity index is 655. The van der Waals surface area contributed by atoms with Crippen LogP contribution in [0.4, 0.5) is 10.8 Å². The van der Waals surface area contributed by atoms with Crippen molar-refractivity contribution in [3.63, 3.8) is 0 Å². The number of para-hydroxylation sites is 1. The maximum atomic E-state index is 11.9. The molecule has 2 rings (SSSR count). The van der Waals surface area contributed by atoms with E-state index in [-0.39, 0.29) is 17.6 Å². The Hall–Kier alpha value is -1.86. The lowest BCUT2D eigenvalue weighted by Crippen LogP contribution is -2.14. The lowest BCUT2D eigenvalue weighted by molar-refractivity contribution is -0.114. The number of thioether (sulfide) groups is 1. The summed E-state index contributed by atoms with van der Waals surface area (Å²) < 4.78 is 0. The van der Waals surface area contributed by atoms with Gasteiger partial charge in [-0.15, -0.1) is 23.1 Å². The Morgan fingerprint density at radius 1 is 1.29 bits per heavy atom. The summed E-state index contributed by atoms with van der Waals surface area (Å²) in [5.41, 5.74) is 0.716. The third-order valence-corrected chi connectivity index (χ3v) is 4.33. The molecular formula is C14H15N3O2S2. The molecule has 0 aliphatic rings. The summed E-state index contributed by atoms with van der Waals surface area (Å²) in [6, 6.07) is 7.39. The van der Waals surface area contributed by atoms with Gasteiger partial charge >= 0.3 is 0 Å². The van der Waals surface area contributed by atoms with Crippen LogP contribution in [0, 0.1) is 6.92 Å². The predicted molar refractivity (Wildman–Crippen MR) is 87.0 cm³/mol. The van der Waals surface area contributed by atoms with Crippen LogP contribution in [-0.4, -0.2) is 22.6 Å². The summed E-state index contributed by atoms with van der Waals surface area (Å²) in [5, 5.41) is 6.11. The van der Waals surface area contributed by atoms with Crippen LogP contribution >= 0.6 is 23.1 Å². The van der Waals surface area contributed by atoms with Crippen LogP contribution < -0.4 is 10.6 Å². The number of rotatable bonds is 5. The highest BCUT2D eigenvalue weighted by Gasteiger charge is 2.09. The first-order chi connectivity index (χ1) is 10.0. The maximum absolute atomic E-state index is 11.9. The van der Waals surface area contributed by atoms with Gasteiger partial charge in [0, 0.05) is 22.9 Å². The molecule has 2 N–H and O–H groups in total. The number of aryl methyl sites for hydroxylation is 1. The quantitative estimate of drug-likeness (QED) is 0.830. The highest BCUT2D eigenvalue weighted by Crippen LogP contribution is 2.27. The van der Waals surface area contributed by atoms with E-state index in [1.54, 1.807) is 6.20 Å². The fourth-order valence-corrected chi connectivity index (χ4v) is 3.09. The van der Waals surface area contributed by atoms with Crippen molar-refractivity contribution in [2.45, 2.75) is 18.7 Å². The molecule has 0 aliphatic heterocycles. The number of aromatic nitrogens is 1. The van der Waals surface area contributed by atoms with Crippen molar-refractivity contribution in [1.29, 1.82) is 0 Å². The van der Waals surface area contributed by atoms with Crippen molar-refractivity contribution < 1.29 is 9.59 Å². The molecule has 0 spiro atoms. The van der Waals surface area contributed by atoms with Gasteiger partial charge in [0.25, 0.3) is 0 Å². The molecule has 2 amide bonds. The van der Waals surface area contributed by atoms with Crippen molar-refractivity contribution in [2.75, 3.05) is 16.4 Å². The first-order valence-electron chi connectivity index (χ1n) is 6.26. The molecule has 2 aromatic rings. The van der Waals surface area contributed by atoms with E-state index in [2.05, 4.69) is 15.6 Å². The second-order valence-corrected chi connectivity index (χ2v) is 6.54. The fraction of sp³-hybridized carbons (Fsp3) is 0.214. The lowest BCUT2D eigenvalue weighted by Gasteiger charge is -2.08. The normalized spacial score (nSPS) is 10.2. The number of hydrogen-bond acceptors (Lipinski definition) is 5. The monoisotopic (exact) mass is 321 g/mol. The Morgan fingerprint density at radius 2 is 2.05 bits per heavy atom. The van der Waals surface area contributed by atoms with Gasteiger partial charge in [-0.3, -0.25) is 9.59 Å². The molecule has 0 aliphatic carbocycles. The molecule has 5 nitrogen and oxygen atoms in total. The van der Waals surface area contributed by atoms with Crippen molar-refractivity contribution in [2.24, 2.45) is 0 Å². The first kappa shape index (κ1) is 15.5. The molecular weight excluding hydrogens is 306 g/mol. The first-order valence-corrected chi connectivity index (χ1v) is 8.06. The van der Waals surface area contributed by atoms with Crippen LogP contribution in [0.15, 0.2) is 35.4 Å². The molecule has 7 heteroatoms. The summed E-state index contributed by atoms with van der Waals surface area (Å²) in [6.45, 7) is 3.39. The second-order valence-electron chi connectivity index (χ2n) is 4.29. The van der Waals surface area contributed by atoms with E-state index in [0.29, 0.717) is 10.8 Å². The molecule has 0 saturated heterocycles. The number of carbonyl (C=O) groups is 2. The van der Waals surface area contributed by atoms with E-state index >= 15 is 0 Å². The van der Waals surface area contributed by atoms with Crippen molar-refractivity contribution in [1.82, 2.24) is 4.98 Å². The van der Waals surface area contributed by atoms with Gasteiger partial charge in [0.15, 0.2) is 5.13 Å². The predicted octanol–water partition coefficient (Wildman–Crippen LogP) is 3.14. The molecule has 0 saturated carbocycles. The minimum atomic E-state index is -0.134. The van der Waals surface area contributed by atoms with E-state index in [1.165, 1.54) is 30.0 Å². The standard InChI is InChI=1S/C14H15N3O2S2/c1-9-7-15-14(21-9)17-13(19)8-20-12-6-4-3-5-11(12)16-10(2)18/h3-7H,8H2,1-2H3,(H,16,18)(H,15,17,19).